The molecular weight excluding hydrogens is 425 g/mol. The molecule has 3 rings (SSSR count). The van der Waals surface area contributed by atoms with E-state index < -0.39 is 11.7 Å². The standard InChI is InChI=1S/C22H23F3N4OS/c1-5-29(4)13-26-18-9-15(3)19(10-14(18)2)30-21-27-20(28-31-21)12-16-7-6-8-17(11-16)22(23,24)25/h6-11,13H,5,12H2,1-4H3/b26-13-. The third-order valence-electron chi connectivity index (χ3n) is 4.65. The van der Waals surface area contributed by atoms with Crippen LogP contribution in [0.5, 0.6) is 10.9 Å². The third-order valence-corrected chi connectivity index (χ3v) is 5.28. The summed E-state index contributed by atoms with van der Waals surface area (Å²) in [5.41, 5.74) is 2.51. The molecule has 0 aliphatic heterocycles. The molecule has 1 aromatic heterocycles. The Morgan fingerprint density at radius 3 is 2.65 bits per heavy atom. The SMILES string of the molecule is CCN(C)/C=N\c1cc(C)c(Oc2nc(Cc3cccc(C(F)(F)F)c3)ns2)cc1C. The van der Waals surface area contributed by atoms with Crippen LogP contribution in [0.15, 0.2) is 41.4 Å². The summed E-state index contributed by atoms with van der Waals surface area (Å²) in [6.07, 6.45) is -2.40. The lowest BCUT2D eigenvalue weighted by atomic mass is 10.1. The molecule has 0 radical (unpaired) electrons. The Balaban J connectivity index is 1.73. The molecule has 1 heterocycles. The number of hydrogen-bond acceptors (Lipinski definition) is 5. The van der Waals surface area contributed by atoms with Gasteiger partial charge in [-0.1, -0.05) is 18.2 Å². The van der Waals surface area contributed by atoms with Gasteiger partial charge in [0, 0.05) is 31.5 Å². The van der Waals surface area contributed by atoms with Crippen molar-refractivity contribution < 1.29 is 17.9 Å². The molecule has 3 aromatic rings. The van der Waals surface area contributed by atoms with Gasteiger partial charge in [0.1, 0.15) is 5.75 Å². The number of aryl methyl sites for hydroxylation is 2. The van der Waals surface area contributed by atoms with E-state index in [0.29, 0.717) is 22.3 Å². The Kier molecular flexibility index (Phi) is 6.94. The number of benzene rings is 2. The molecular formula is C22H23F3N4OS. The Morgan fingerprint density at radius 2 is 1.94 bits per heavy atom. The van der Waals surface area contributed by atoms with Gasteiger partial charge in [-0.2, -0.15) is 22.5 Å². The fraction of sp³-hybridized carbons (Fsp3) is 0.318. The number of aromatic nitrogens is 2. The molecule has 0 saturated carbocycles. The molecule has 0 bridgehead atoms. The summed E-state index contributed by atoms with van der Waals surface area (Å²) in [7, 11) is 1.95. The van der Waals surface area contributed by atoms with Crippen molar-refractivity contribution in [3.8, 4) is 10.9 Å². The topological polar surface area (TPSA) is 50.6 Å². The van der Waals surface area contributed by atoms with Crippen LogP contribution in [0, 0.1) is 13.8 Å². The summed E-state index contributed by atoms with van der Waals surface area (Å²) in [6, 6.07) is 9.00. The van der Waals surface area contributed by atoms with Crippen LogP contribution in [0.1, 0.15) is 35.0 Å². The minimum absolute atomic E-state index is 0.195. The fourth-order valence-corrected chi connectivity index (χ4v) is 3.31. The van der Waals surface area contributed by atoms with Gasteiger partial charge in [-0.3, -0.25) is 0 Å². The highest BCUT2D eigenvalue weighted by molar-refractivity contribution is 7.07. The number of aliphatic imine (C=N–C) groups is 1. The second-order valence-electron chi connectivity index (χ2n) is 7.18. The summed E-state index contributed by atoms with van der Waals surface area (Å²) in [4.78, 5) is 10.8. The molecule has 0 aliphatic carbocycles. The molecule has 0 fully saturated rings. The van der Waals surface area contributed by atoms with Gasteiger partial charge in [0.05, 0.1) is 17.6 Å². The van der Waals surface area contributed by atoms with E-state index in [2.05, 4.69) is 14.3 Å². The van der Waals surface area contributed by atoms with Crippen molar-refractivity contribution in [3.05, 3.63) is 64.5 Å². The maximum absolute atomic E-state index is 12.9. The van der Waals surface area contributed by atoms with Crippen LogP contribution in [-0.4, -0.2) is 34.2 Å². The van der Waals surface area contributed by atoms with Crippen LogP contribution >= 0.6 is 11.5 Å². The van der Waals surface area contributed by atoms with E-state index in [-0.39, 0.29) is 6.42 Å². The Bertz CT molecular complexity index is 1080. The van der Waals surface area contributed by atoms with Crippen molar-refractivity contribution >= 4 is 23.6 Å². The van der Waals surface area contributed by atoms with Crippen molar-refractivity contribution in [2.24, 2.45) is 4.99 Å². The summed E-state index contributed by atoms with van der Waals surface area (Å²) in [5, 5.41) is 0.339. The smallest absolute Gasteiger partial charge is 0.416 e. The number of hydrogen-bond donors (Lipinski definition) is 0. The van der Waals surface area contributed by atoms with Crippen molar-refractivity contribution in [1.29, 1.82) is 0 Å². The summed E-state index contributed by atoms with van der Waals surface area (Å²) < 4.78 is 48.8. The highest BCUT2D eigenvalue weighted by atomic mass is 32.1. The lowest BCUT2D eigenvalue weighted by molar-refractivity contribution is -0.137. The van der Waals surface area contributed by atoms with Gasteiger partial charge in [-0.15, -0.1) is 0 Å². The molecule has 0 unspecified atom stereocenters. The van der Waals surface area contributed by atoms with Crippen LogP contribution in [0.4, 0.5) is 18.9 Å². The van der Waals surface area contributed by atoms with Gasteiger partial charge in [-0.25, -0.2) is 4.99 Å². The molecule has 31 heavy (non-hydrogen) atoms. The van der Waals surface area contributed by atoms with E-state index >= 15 is 0 Å². The largest absolute Gasteiger partial charge is 0.430 e. The van der Waals surface area contributed by atoms with E-state index in [9.17, 15) is 13.2 Å². The minimum atomic E-state index is -4.38. The zero-order chi connectivity index (χ0) is 22.6. The van der Waals surface area contributed by atoms with Crippen LogP contribution in [0.2, 0.25) is 0 Å². The molecule has 0 spiro atoms. The lowest BCUT2D eigenvalue weighted by Gasteiger charge is -2.11. The molecule has 0 amide bonds. The number of ether oxygens (including phenoxy) is 1. The van der Waals surface area contributed by atoms with Crippen LogP contribution in [-0.2, 0) is 12.6 Å². The summed E-state index contributed by atoms with van der Waals surface area (Å²) >= 11 is 1.07. The predicted octanol–water partition coefficient (Wildman–Crippen LogP) is 6.17. The summed E-state index contributed by atoms with van der Waals surface area (Å²) in [6.45, 7) is 6.78. The van der Waals surface area contributed by atoms with Gasteiger partial charge >= 0.3 is 6.18 Å². The third kappa shape index (κ3) is 6.04. The Morgan fingerprint density at radius 1 is 1.16 bits per heavy atom. The van der Waals surface area contributed by atoms with E-state index in [1.54, 1.807) is 12.4 Å². The van der Waals surface area contributed by atoms with E-state index in [1.165, 1.54) is 6.07 Å². The quantitative estimate of drug-likeness (QED) is 0.320. The first-order valence-electron chi connectivity index (χ1n) is 9.68. The zero-order valence-corrected chi connectivity index (χ0v) is 18.5. The average molecular weight is 449 g/mol. The molecule has 0 N–H and O–H groups in total. The fourth-order valence-electron chi connectivity index (χ4n) is 2.75. The van der Waals surface area contributed by atoms with Gasteiger partial charge in [0.15, 0.2) is 5.82 Å². The summed E-state index contributed by atoms with van der Waals surface area (Å²) in [5.74, 6) is 1.06. The monoisotopic (exact) mass is 448 g/mol. The highest BCUT2D eigenvalue weighted by Crippen LogP contribution is 2.33. The second-order valence-corrected chi connectivity index (χ2v) is 7.89. The van der Waals surface area contributed by atoms with Crippen LogP contribution < -0.4 is 4.74 Å². The van der Waals surface area contributed by atoms with E-state index in [0.717, 1.165) is 47.0 Å². The minimum Gasteiger partial charge on any atom is -0.430 e. The van der Waals surface area contributed by atoms with Gasteiger partial charge in [0.25, 0.3) is 5.19 Å². The molecule has 5 nitrogen and oxygen atoms in total. The average Bonchev–Trinajstić information content (AvgIpc) is 3.15. The van der Waals surface area contributed by atoms with Gasteiger partial charge < -0.3 is 9.64 Å². The first-order chi connectivity index (χ1) is 14.7. The first kappa shape index (κ1) is 22.7. The van der Waals surface area contributed by atoms with Gasteiger partial charge in [0.2, 0.25) is 0 Å². The Hall–Kier alpha value is -2.94. The first-order valence-corrected chi connectivity index (χ1v) is 10.4. The molecule has 164 valence electrons. The molecule has 0 aliphatic rings. The number of halogens is 3. The van der Waals surface area contributed by atoms with Crippen molar-refractivity contribution in [2.45, 2.75) is 33.4 Å². The Labute approximate surface area is 183 Å². The zero-order valence-electron chi connectivity index (χ0n) is 17.7. The second kappa shape index (κ2) is 9.47. The van der Waals surface area contributed by atoms with E-state index in [1.807, 2.05) is 44.9 Å². The molecule has 0 atom stereocenters. The van der Waals surface area contributed by atoms with Crippen molar-refractivity contribution in [2.75, 3.05) is 13.6 Å². The molecule has 0 saturated heterocycles. The van der Waals surface area contributed by atoms with E-state index in [4.69, 9.17) is 4.74 Å². The maximum Gasteiger partial charge on any atom is 0.416 e. The van der Waals surface area contributed by atoms with Crippen molar-refractivity contribution in [3.63, 3.8) is 0 Å². The number of alkyl halides is 3. The van der Waals surface area contributed by atoms with Crippen LogP contribution in [0.3, 0.4) is 0 Å². The molecule has 9 heteroatoms. The van der Waals surface area contributed by atoms with Crippen molar-refractivity contribution in [1.82, 2.24) is 14.3 Å². The predicted molar refractivity (Wildman–Crippen MR) is 117 cm³/mol. The lowest BCUT2D eigenvalue weighted by Crippen LogP contribution is -2.14. The number of nitrogens with zero attached hydrogens (tertiary/aromatic N) is 4. The normalized spacial score (nSPS) is 11.8. The van der Waals surface area contributed by atoms with Crippen LogP contribution in [0.25, 0.3) is 0 Å². The highest BCUT2D eigenvalue weighted by Gasteiger charge is 2.30. The number of rotatable bonds is 7. The molecule has 2 aromatic carbocycles. The van der Waals surface area contributed by atoms with Gasteiger partial charge in [-0.05, 0) is 55.7 Å². The maximum atomic E-state index is 12.9.